The highest BCUT2D eigenvalue weighted by atomic mass is 19.1. The molecule has 2 heterocycles. The number of guanidine groups is 1. The van der Waals surface area contributed by atoms with Crippen LogP contribution >= 0.6 is 0 Å². The minimum Gasteiger partial charge on any atom is -0.369 e. The van der Waals surface area contributed by atoms with E-state index in [4.69, 9.17) is 4.99 Å². The lowest BCUT2D eigenvalue weighted by Gasteiger charge is -2.35. The molecule has 0 aliphatic carbocycles. The summed E-state index contributed by atoms with van der Waals surface area (Å²) in [5.41, 5.74) is 1.09. The van der Waals surface area contributed by atoms with Crippen LogP contribution in [0.1, 0.15) is 19.7 Å². The molecule has 0 spiro atoms. The van der Waals surface area contributed by atoms with E-state index in [1.54, 1.807) is 6.33 Å². The maximum absolute atomic E-state index is 13.1. The van der Waals surface area contributed by atoms with Crippen molar-refractivity contribution in [3.05, 3.63) is 42.2 Å². The zero-order valence-electron chi connectivity index (χ0n) is 18.0. The number of rotatable bonds is 9. The van der Waals surface area contributed by atoms with Crippen LogP contribution in [0.25, 0.3) is 0 Å². The molecule has 1 aromatic carbocycles. The van der Waals surface area contributed by atoms with Crippen LogP contribution in [-0.4, -0.2) is 78.0 Å². The second kappa shape index (κ2) is 11.5. The minimum atomic E-state index is -0.187. The van der Waals surface area contributed by atoms with Gasteiger partial charge in [0.1, 0.15) is 18.0 Å². The summed E-state index contributed by atoms with van der Waals surface area (Å²) in [6, 6.07) is 6.76. The highest BCUT2D eigenvalue weighted by molar-refractivity contribution is 5.79. The molecule has 0 amide bonds. The number of halogens is 1. The van der Waals surface area contributed by atoms with E-state index in [-0.39, 0.29) is 5.82 Å². The van der Waals surface area contributed by atoms with Crippen LogP contribution in [-0.2, 0) is 13.0 Å². The van der Waals surface area contributed by atoms with E-state index in [1.165, 1.54) is 12.1 Å². The molecular weight excluding hydrogens is 383 g/mol. The summed E-state index contributed by atoms with van der Waals surface area (Å²) in [6.07, 6.45) is 2.65. The summed E-state index contributed by atoms with van der Waals surface area (Å²) >= 11 is 0. The third-order valence-corrected chi connectivity index (χ3v) is 5.25. The molecule has 1 aromatic heterocycles. The van der Waals surface area contributed by atoms with Crippen molar-refractivity contribution in [2.45, 2.75) is 26.8 Å². The van der Waals surface area contributed by atoms with Crippen LogP contribution in [0.2, 0.25) is 0 Å². The van der Waals surface area contributed by atoms with Crippen molar-refractivity contribution in [2.24, 2.45) is 4.99 Å². The summed E-state index contributed by atoms with van der Waals surface area (Å²) < 4.78 is 15.2. The lowest BCUT2D eigenvalue weighted by atomic mass is 10.2. The Bertz CT molecular complexity index is 781. The highest BCUT2D eigenvalue weighted by Gasteiger charge is 2.16. The van der Waals surface area contributed by atoms with Crippen LogP contribution < -0.4 is 15.5 Å². The van der Waals surface area contributed by atoms with Gasteiger partial charge in [0, 0.05) is 64.5 Å². The van der Waals surface area contributed by atoms with Crippen molar-refractivity contribution in [1.29, 1.82) is 0 Å². The molecule has 30 heavy (non-hydrogen) atoms. The van der Waals surface area contributed by atoms with Crippen molar-refractivity contribution in [2.75, 3.05) is 57.3 Å². The molecular formula is C21H33FN8. The van der Waals surface area contributed by atoms with Crippen LogP contribution in [0, 0.1) is 5.82 Å². The maximum atomic E-state index is 13.1. The van der Waals surface area contributed by atoms with Gasteiger partial charge in [-0.2, -0.15) is 0 Å². The maximum Gasteiger partial charge on any atom is 0.191 e. The van der Waals surface area contributed by atoms with Gasteiger partial charge < -0.3 is 20.1 Å². The van der Waals surface area contributed by atoms with E-state index in [9.17, 15) is 4.39 Å². The number of aromatic nitrogens is 3. The van der Waals surface area contributed by atoms with Gasteiger partial charge in [-0.25, -0.2) is 4.39 Å². The van der Waals surface area contributed by atoms with E-state index in [0.29, 0.717) is 0 Å². The molecule has 9 heteroatoms. The fraction of sp³-hybridized carbons (Fsp3) is 0.571. The van der Waals surface area contributed by atoms with E-state index in [0.717, 1.165) is 82.8 Å². The van der Waals surface area contributed by atoms with E-state index in [2.05, 4.69) is 49.0 Å². The Kier molecular flexibility index (Phi) is 8.43. The number of aryl methyl sites for hydroxylation is 1. The number of piperazine rings is 1. The standard InChI is InChI=1S/C21H33FN8/c1-3-20-27-26-17-30(20)12-10-25-21(23-4-2)24-9-11-28-13-15-29(16-14-28)19-7-5-18(22)6-8-19/h5-8,17H,3-4,9-16H2,1-2H3,(H2,23,24,25). The molecule has 1 aliphatic heterocycles. The number of aliphatic imine (C=N–C) groups is 1. The Morgan fingerprint density at radius 1 is 1.07 bits per heavy atom. The molecule has 3 rings (SSSR count). The summed E-state index contributed by atoms with van der Waals surface area (Å²) in [6.45, 7) is 12.1. The summed E-state index contributed by atoms with van der Waals surface area (Å²) in [5, 5.41) is 14.8. The van der Waals surface area contributed by atoms with Crippen molar-refractivity contribution < 1.29 is 4.39 Å². The molecule has 1 saturated heterocycles. The second-order valence-corrected chi connectivity index (χ2v) is 7.29. The lowest BCUT2D eigenvalue weighted by Crippen LogP contribution is -2.47. The van der Waals surface area contributed by atoms with Gasteiger partial charge in [-0.1, -0.05) is 6.92 Å². The first-order valence-electron chi connectivity index (χ1n) is 10.8. The molecule has 1 aliphatic rings. The fourth-order valence-corrected chi connectivity index (χ4v) is 3.56. The van der Waals surface area contributed by atoms with Crippen LogP contribution in [0.15, 0.2) is 35.6 Å². The largest absolute Gasteiger partial charge is 0.369 e. The van der Waals surface area contributed by atoms with Gasteiger partial charge in [-0.3, -0.25) is 9.89 Å². The first-order chi connectivity index (χ1) is 14.7. The Morgan fingerprint density at radius 3 is 2.53 bits per heavy atom. The molecule has 0 saturated carbocycles. The lowest BCUT2D eigenvalue weighted by molar-refractivity contribution is 0.265. The Balaban J connectivity index is 1.39. The van der Waals surface area contributed by atoms with Gasteiger partial charge in [0.2, 0.25) is 0 Å². The fourth-order valence-electron chi connectivity index (χ4n) is 3.56. The second-order valence-electron chi connectivity index (χ2n) is 7.29. The number of nitrogens with zero attached hydrogens (tertiary/aromatic N) is 6. The third kappa shape index (κ3) is 6.41. The molecule has 2 N–H and O–H groups in total. The first-order valence-corrected chi connectivity index (χ1v) is 10.8. The predicted octanol–water partition coefficient (Wildman–Crippen LogP) is 1.36. The predicted molar refractivity (Wildman–Crippen MR) is 118 cm³/mol. The summed E-state index contributed by atoms with van der Waals surface area (Å²) in [7, 11) is 0. The minimum absolute atomic E-state index is 0.187. The van der Waals surface area contributed by atoms with Crippen molar-refractivity contribution in [1.82, 2.24) is 30.3 Å². The number of hydrogen-bond donors (Lipinski definition) is 2. The van der Waals surface area contributed by atoms with Crippen LogP contribution in [0.4, 0.5) is 10.1 Å². The van der Waals surface area contributed by atoms with E-state index < -0.39 is 0 Å². The molecule has 8 nitrogen and oxygen atoms in total. The Hall–Kier alpha value is -2.68. The molecule has 0 bridgehead atoms. The molecule has 164 valence electrons. The average Bonchev–Trinajstić information content (AvgIpc) is 3.22. The van der Waals surface area contributed by atoms with Crippen molar-refractivity contribution in [3.63, 3.8) is 0 Å². The van der Waals surface area contributed by atoms with Gasteiger partial charge >= 0.3 is 0 Å². The average molecular weight is 417 g/mol. The van der Waals surface area contributed by atoms with Crippen LogP contribution in [0.5, 0.6) is 0 Å². The van der Waals surface area contributed by atoms with Gasteiger partial charge in [0.05, 0.1) is 6.54 Å². The zero-order valence-corrected chi connectivity index (χ0v) is 18.0. The van der Waals surface area contributed by atoms with E-state index in [1.807, 2.05) is 12.1 Å². The van der Waals surface area contributed by atoms with Crippen molar-refractivity contribution in [3.8, 4) is 0 Å². The number of benzene rings is 1. The molecule has 0 unspecified atom stereocenters. The first kappa shape index (κ1) is 22.0. The third-order valence-electron chi connectivity index (χ3n) is 5.25. The summed E-state index contributed by atoms with van der Waals surface area (Å²) in [4.78, 5) is 9.45. The molecule has 0 radical (unpaired) electrons. The Labute approximate surface area is 178 Å². The normalized spacial score (nSPS) is 15.4. The monoisotopic (exact) mass is 416 g/mol. The summed E-state index contributed by atoms with van der Waals surface area (Å²) in [5.74, 6) is 1.65. The van der Waals surface area contributed by atoms with Crippen molar-refractivity contribution >= 4 is 11.6 Å². The molecule has 1 fully saturated rings. The quantitative estimate of drug-likeness (QED) is 0.475. The molecule has 0 atom stereocenters. The SMILES string of the molecule is CCNC(=NCCN1CCN(c2ccc(F)cc2)CC1)NCCn1cnnc1CC. The van der Waals surface area contributed by atoms with Gasteiger partial charge in [0.15, 0.2) is 5.96 Å². The molecule has 2 aromatic rings. The number of nitrogens with one attached hydrogen (secondary N) is 2. The van der Waals surface area contributed by atoms with Crippen LogP contribution in [0.3, 0.4) is 0 Å². The highest BCUT2D eigenvalue weighted by Crippen LogP contribution is 2.16. The zero-order chi connectivity index (χ0) is 21.2. The topological polar surface area (TPSA) is 73.6 Å². The van der Waals surface area contributed by atoms with Gasteiger partial charge in [-0.15, -0.1) is 10.2 Å². The van der Waals surface area contributed by atoms with Gasteiger partial charge in [-0.05, 0) is 31.2 Å². The number of anilines is 1. The smallest absolute Gasteiger partial charge is 0.191 e. The Morgan fingerprint density at radius 2 is 1.83 bits per heavy atom. The van der Waals surface area contributed by atoms with E-state index >= 15 is 0 Å². The number of hydrogen-bond acceptors (Lipinski definition) is 5. The van der Waals surface area contributed by atoms with Gasteiger partial charge in [0.25, 0.3) is 0 Å².